The molecule has 37 heavy (non-hydrogen) atoms. The Labute approximate surface area is 217 Å². The van der Waals surface area contributed by atoms with E-state index in [2.05, 4.69) is 0 Å². The second-order valence-electron chi connectivity index (χ2n) is 9.39. The SMILES string of the molecule is CC(C)C(C(=O)NO)N(CCC(=O)N1CCC(O)CC1)S(=O)(=O)c1ccc(OCc2ccccc2)cc1. The second-order valence-corrected chi connectivity index (χ2v) is 11.3. The van der Waals surface area contributed by atoms with Crippen LogP contribution in [-0.2, 0) is 26.2 Å². The van der Waals surface area contributed by atoms with Gasteiger partial charge in [-0.1, -0.05) is 44.2 Å². The number of aliphatic hydroxyl groups is 1. The Morgan fingerprint density at radius 3 is 2.27 bits per heavy atom. The van der Waals surface area contributed by atoms with Crippen LogP contribution in [-0.4, -0.2) is 71.5 Å². The third-order valence-corrected chi connectivity index (χ3v) is 8.26. The van der Waals surface area contributed by atoms with E-state index >= 15 is 0 Å². The minimum absolute atomic E-state index is 0.0653. The zero-order chi connectivity index (χ0) is 27.0. The van der Waals surface area contributed by atoms with Crippen LogP contribution in [0.15, 0.2) is 59.5 Å². The second kappa shape index (κ2) is 13.0. The normalized spacial score (nSPS) is 15.6. The molecule has 202 valence electrons. The highest BCUT2D eigenvalue weighted by molar-refractivity contribution is 7.89. The van der Waals surface area contributed by atoms with Crippen LogP contribution in [0, 0.1) is 5.92 Å². The molecule has 3 N–H and O–H groups in total. The lowest BCUT2D eigenvalue weighted by Crippen LogP contribution is -2.52. The average molecular weight is 534 g/mol. The van der Waals surface area contributed by atoms with E-state index in [0.717, 1.165) is 9.87 Å². The van der Waals surface area contributed by atoms with E-state index in [0.29, 0.717) is 38.3 Å². The van der Waals surface area contributed by atoms with Gasteiger partial charge in [-0.15, -0.1) is 0 Å². The lowest BCUT2D eigenvalue weighted by atomic mass is 10.0. The monoisotopic (exact) mass is 533 g/mol. The van der Waals surface area contributed by atoms with Gasteiger partial charge in [0, 0.05) is 26.1 Å². The Balaban J connectivity index is 1.79. The number of nitrogens with zero attached hydrogens (tertiary/aromatic N) is 2. The van der Waals surface area contributed by atoms with Crippen LogP contribution < -0.4 is 10.2 Å². The summed E-state index contributed by atoms with van der Waals surface area (Å²) < 4.78 is 34.1. The molecule has 1 heterocycles. The van der Waals surface area contributed by atoms with Gasteiger partial charge in [-0.3, -0.25) is 14.8 Å². The average Bonchev–Trinajstić information content (AvgIpc) is 2.90. The number of benzene rings is 2. The number of sulfonamides is 1. The molecule has 2 amide bonds. The summed E-state index contributed by atoms with van der Waals surface area (Å²) in [5, 5.41) is 19.0. The molecular formula is C26H35N3O7S. The van der Waals surface area contributed by atoms with Crippen molar-refractivity contribution < 1.29 is 33.1 Å². The predicted octanol–water partition coefficient (Wildman–Crippen LogP) is 2.16. The van der Waals surface area contributed by atoms with Crippen molar-refractivity contribution in [1.82, 2.24) is 14.7 Å². The molecule has 0 radical (unpaired) electrons. The van der Waals surface area contributed by atoms with Gasteiger partial charge in [-0.2, -0.15) is 4.31 Å². The molecular weight excluding hydrogens is 498 g/mol. The third kappa shape index (κ3) is 7.51. The maximum atomic E-state index is 13.7. The van der Waals surface area contributed by atoms with E-state index in [1.807, 2.05) is 30.3 Å². The van der Waals surface area contributed by atoms with E-state index in [9.17, 15) is 28.3 Å². The minimum atomic E-state index is -4.22. The van der Waals surface area contributed by atoms with Crippen molar-refractivity contribution >= 4 is 21.8 Å². The van der Waals surface area contributed by atoms with Crippen molar-refractivity contribution in [2.75, 3.05) is 19.6 Å². The number of hydrogen-bond donors (Lipinski definition) is 3. The minimum Gasteiger partial charge on any atom is -0.489 e. The summed E-state index contributed by atoms with van der Waals surface area (Å²) in [6.07, 6.45) is 0.344. The summed E-state index contributed by atoms with van der Waals surface area (Å²) >= 11 is 0. The molecule has 1 fully saturated rings. The molecule has 0 aliphatic carbocycles. The Hall–Kier alpha value is -2.99. The zero-order valence-electron chi connectivity index (χ0n) is 21.1. The first-order valence-electron chi connectivity index (χ1n) is 12.3. The van der Waals surface area contributed by atoms with Gasteiger partial charge in [0.25, 0.3) is 5.91 Å². The number of likely N-dealkylation sites (tertiary alicyclic amines) is 1. The summed E-state index contributed by atoms with van der Waals surface area (Å²) in [7, 11) is -4.22. The Kier molecular flexibility index (Phi) is 10.0. The number of ether oxygens (including phenoxy) is 1. The van der Waals surface area contributed by atoms with E-state index in [4.69, 9.17) is 4.74 Å². The predicted molar refractivity (Wildman–Crippen MR) is 136 cm³/mol. The first-order chi connectivity index (χ1) is 17.6. The van der Waals surface area contributed by atoms with E-state index in [1.165, 1.54) is 24.3 Å². The fourth-order valence-electron chi connectivity index (χ4n) is 4.30. The number of aliphatic hydroxyl groups excluding tert-OH is 1. The van der Waals surface area contributed by atoms with Crippen molar-refractivity contribution in [3.63, 3.8) is 0 Å². The first kappa shape index (κ1) is 28.6. The highest BCUT2D eigenvalue weighted by atomic mass is 32.2. The molecule has 0 aromatic heterocycles. The number of nitrogens with one attached hydrogen (secondary N) is 1. The van der Waals surface area contributed by atoms with Crippen LogP contribution >= 0.6 is 0 Å². The van der Waals surface area contributed by atoms with Crippen molar-refractivity contribution in [1.29, 1.82) is 0 Å². The molecule has 1 aliphatic heterocycles. The molecule has 11 heteroatoms. The highest BCUT2D eigenvalue weighted by Crippen LogP contribution is 2.25. The number of rotatable bonds is 11. The standard InChI is InChI=1S/C26H35N3O7S/c1-19(2)25(26(32)27-33)29(17-14-24(31)28-15-12-21(30)13-16-28)37(34,35)23-10-8-22(9-11-23)36-18-20-6-4-3-5-7-20/h3-11,19,21,25,30,33H,12-18H2,1-2H3,(H,27,32). The third-order valence-electron chi connectivity index (χ3n) is 6.36. The molecule has 1 atom stereocenters. The molecule has 0 saturated carbocycles. The highest BCUT2D eigenvalue weighted by Gasteiger charge is 2.38. The van der Waals surface area contributed by atoms with Gasteiger partial charge in [0.2, 0.25) is 15.9 Å². The number of piperidine rings is 1. The van der Waals surface area contributed by atoms with Crippen LogP contribution in [0.25, 0.3) is 0 Å². The van der Waals surface area contributed by atoms with Gasteiger partial charge in [0.05, 0.1) is 11.0 Å². The molecule has 2 aromatic carbocycles. The van der Waals surface area contributed by atoms with Crippen molar-refractivity contribution in [2.24, 2.45) is 5.92 Å². The number of hydrogen-bond acceptors (Lipinski definition) is 7. The summed E-state index contributed by atoms with van der Waals surface area (Å²) in [6.45, 7) is 4.18. The van der Waals surface area contributed by atoms with Gasteiger partial charge < -0.3 is 14.7 Å². The van der Waals surface area contributed by atoms with Crippen LogP contribution in [0.3, 0.4) is 0 Å². The molecule has 0 bridgehead atoms. The number of amides is 2. The van der Waals surface area contributed by atoms with Crippen LogP contribution in [0.2, 0.25) is 0 Å². The van der Waals surface area contributed by atoms with Crippen molar-refractivity contribution in [3.8, 4) is 5.75 Å². The fraction of sp³-hybridized carbons (Fsp3) is 0.462. The molecule has 0 spiro atoms. The van der Waals surface area contributed by atoms with Gasteiger partial charge >= 0.3 is 0 Å². The molecule has 2 aromatic rings. The summed E-state index contributed by atoms with van der Waals surface area (Å²) in [5.74, 6) is -1.15. The summed E-state index contributed by atoms with van der Waals surface area (Å²) in [4.78, 5) is 26.8. The summed E-state index contributed by atoms with van der Waals surface area (Å²) in [6, 6.07) is 14.2. The number of carbonyl (C=O) groups is 2. The number of hydroxylamine groups is 1. The topological polar surface area (TPSA) is 136 Å². The van der Waals surface area contributed by atoms with E-state index in [1.54, 1.807) is 24.2 Å². The van der Waals surface area contributed by atoms with Gasteiger partial charge in [0.15, 0.2) is 0 Å². The molecule has 1 aliphatic rings. The Bertz CT molecular complexity index is 1130. The van der Waals surface area contributed by atoms with Crippen molar-refractivity contribution in [3.05, 3.63) is 60.2 Å². The van der Waals surface area contributed by atoms with Crippen molar-refractivity contribution in [2.45, 2.75) is 56.8 Å². The maximum absolute atomic E-state index is 13.7. The smallest absolute Gasteiger partial charge is 0.262 e. The lowest BCUT2D eigenvalue weighted by Gasteiger charge is -2.33. The quantitative estimate of drug-likeness (QED) is 0.297. The van der Waals surface area contributed by atoms with Gasteiger partial charge in [0.1, 0.15) is 18.4 Å². The van der Waals surface area contributed by atoms with Crippen LogP contribution in [0.4, 0.5) is 0 Å². The van der Waals surface area contributed by atoms with E-state index in [-0.39, 0.29) is 23.8 Å². The number of carbonyl (C=O) groups excluding carboxylic acids is 2. The summed E-state index contributed by atoms with van der Waals surface area (Å²) in [5.41, 5.74) is 2.53. The van der Waals surface area contributed by atoms with E-state index < -0.39 is 34.0 Å². The fourth-order valence-corrected chi connectivity index (χ4v) is 6.02. The molecule has 10 nitrogen and oxygen atoms in total. The van der Waals surface area contributed by atoms with Crippen LogP contribution in [0.1, 0.15) is 38.7 Å². The zero-order valence-corrected chi connectivity index (χ0v) is 21.9. The largest absolute Gasteiger partial charge is 0.489 e. The van der Waals surface area contributed by atoms with Gasteiger partial charge in [-0.25, -0.2) is 13.9 Å². The lowest BCUT2D eigenvalue weighted by molar-refractivity contribution is -0.136. The molecule has 1 unspecified atom stereocenters. The molecule has 3 rings (SSSR count). The van der Waals surface area contributed by atoms with Gasteiger partial charge in [-0.05, 0) is 48.6 Å². The Morgan fingerprint density at radius 1 is 1.08 bits per heavy atom. The molecule has 1 saturated heterocycles. The Morgan fingerprint density at radius 2 is 1.70 bits per heavy atom. The first-order valence-corrected chi connectivity index (χ1v) is 13.8. The van der Waals surface area contributed by atoms with Crippen LogP contribution in [0.5, 0.6) is 5.75 Å². The maximum Gasteiger partial charge on any atom is 0.262 e.